The molecule has 2 aromatic rings. The van der Waals surface area contributed by atoms with E-state index in [9.17, 15) is 0 Å². The van der Waals surface area contributed by atoms with Gasteiger partial charge in [-0.15, -0.1) is 0 Å². The van der Waals surface area contributed by atoms with E-state index in [0.29, 0.717) is 19.1 Å². The maximum absolute atomic E-state index is 5.99. The zero-order valence-corrected chi connectivity index (χ0v) is 12.1. The highest BCUT2D eigenvalue weighted by Gasteiger charge is 2.21. The van der Waals surface area contributed by atoms with E-state index in [1.54, 1.807) is 0 Å². The van der Waals surface area contributed by atoms with Gasteiger partial charge in [0.2, 0.25) is 0 Å². The van der Waals surface area contributed by atoms with E-state index in [4.69, 9.17) is 15.2 Å². The highest BCUT2D eigenvalue weighted by Crippen LogP contribution is 2.33. The van der Waals surface area contributed by atoms with Crippen molar-refractivity contribution < 1.29 is 9.47 Å². The highest BCUT2D eigenvalue weighted by atomic mass is 16.5. The fourth-order valence-corrected chi connectivity index (χ4v) is 2.74. The molecule has 3 nitrogen and oxygen atoms in total. The summed E-state index contributed by atoms with van der Waals surface area (Å²) in [6, 6.07) is 16.4. The van der Waals surface area contributed by atoms with Crippen LogP contribution in [0.2, 0.25) is 0 Å². The molecule has 1 heterocycles. The summed E-state index contributed by atoms with van der Waals surface area (Å²) in [7, 11) is 0. The first-order valence-electron chi connectivity index (χ1n) is 7.50. The number of para-hydroxylation sites is 1. The molecule has 3 heteroatoms. The van der Waals surface area contributed by atoms with Crippen LogP contribution in [0, 0.1) is 0 Å². The van der Waals surface area contributed by atoms with Gasteiger partial charge in [-0.3, -0.25) is 0 Å². The maximum Gasteiger partial charge on any atom is 0.122 e. The zero-order valence-electron chi connectivity index (χ0n) is 12.1. The number of rotatable bonds is 5. The lowest BCUT2D eigenvalue weighted by molar-refractivity contribution is 0.217. The quantitative estimate of drug-likeness (QED) is 0.917. The van der Waals surface area contributed by atoms with Gasteiger partial charge in [-0.05, 0) is 43.1 Å². The van der Waals surface area contributed by atoms with Crippen molar-refractivity contribution in [3.63, 3.8) is 0 Å². The van der Waals surface area contributed by atoms with E-state index in [0.717, 1.165) is 30.9 Å². The van der Waals surface area contributed by atoms with Gasteiger partial charge in [0, 0.05) is 11.5 Å². The number of hydrogen-bond acceptors (Lipinski definition) is 3. The number of fused-ring (bicyclic) bond motifs is 1. The molecule has 1 aliphatic rings. The Hall–Kier alpha value is -2.00. The van der Waals surface area contributed by atoms with Gasteiger partial charge < -0.3 is 15.2 Å². The average molecular weight is 283 g/mol. The molecule has 0 aliphatic carbocycles. The fourth-order valence-electron chi connectivity index (χ4n) is 2.74. The van der Waals surface area contributed by atoms with E-state index in [-0.39, 0.29) is 0 Å². The van der Waals surface area contributed by atoms with Crippen molar-refractivity contribution in [3.05, 3.63) is 59.7 Å². The predicted octanol–water partition coefficient (Wildman–Crippen LogP) is 3.13. The third kappa shape index (κ3) is 3.37. The van der Waals surface area contributed by atoms with Crippen LogP contribution in [-0.4, -0.2) is 19.8 Å². The molecule has 21 heavy (non-hydrogen) atoms. The van der Waals surface area contributed by atoms with Crippen molar-refractivity contribution in [2.24, 2.45) is 5.73 Å². The van der Waals surface area contributed by atoms with Crippen LogP contribution in [0.1, 0.15) is 23.5 Å². The number of benzene rings is 2. The molecular weight excluding hydrogens is 262 g/mol. The number of nitrogens with two attached hydrogens (primary N) is 1. The molecule has 1 atom stereocenters. The molecule has 0 aromatic heterocycles. The SMILES string of the molecule is NCCc1cccc(OCC2CCOc3ccccc32)c1. The summed E-state index contributed by atoms with van der Waals surface area (Å²) in [5, 5.41) is 0. The van der Waals surface area contributed by atoms with E-state index in [2.05, 4.69) is 24.3 Å². The first-order valence-corrected chi connectivity index (χ1v) is 7.50. The van der Waals surface area contributed by atoms with Crippen LogP contribution in [0.3, 0.4) is 0 Å². The first-order chi connectivity index (χ1) is 10.4. The van der Waals surface area contributed by atoms with Crippen LogP contribution in [0.5, 0.6) is 11.5 Å². The molecule has 0 amide bonds. The summed E-state index contributed by atoms with van der Waals surface area (Å²) < 4.78 is 11.7. The smallest absolute Gasteiger partial charge is 0.122 e. The normalized spacial score (nSPS) is 16.9. The average Bonchev–Trinajstić information content (AvgIpc) is 2.53. The van der Waals surface area contributed by atoms with Crippen LogP contribution < -0.4 is 15.2 Å². The molecule has 0 spiro atoms. The monoisotopic (exact) mass is 283 g/mol. The summed E-state index contributed by atoms with van der Waals surface area (Å²) >= 11 is 0. The van der Waals surface area contributed by atoms with E-state index in [1.807, 2.05) is 24.3 Å². The molecule has 3 rings (SSSR count). The Morgan fingerprint density at radius 2 is 2.05 bits per heavy atom. The van der Waals surface area contributed by atoms with E-state index in [1.165, 1.54) is 11.1 Å². The third-order valence-corrected chi connectivity index (χ3v) is 3.87. The maximum atomic E-state index is 5.99. The molecule has 2 aromatic carbocycles. The van der Waals surface area contributed by atoms with Crippen LogP contribution in [0.25, 0.3) is 0 Å². The Kier molecular flexibility index (Phi) is 4.41. The molecule has 0 saturated heterocycles. The standard InChI is InChI=1S/C18H21NO2/c19-10-8-14-4-3-5-16(12-14)21-13-15-9-11-20-18-7-2-1-6-17(15)18/h1-7,12,15H,8-11,13,19H2. The van der Waals surface area contributed by atoms with Crippen molar-refractivity contribution in [3.8, 4) is 11.5 Å². The molecular formula is C18H21NO2. The molecule has 0 fully saturated rings. The van der Waals surface area contributed by atoms with Gasteiger partial charge in [0.15, 0.2) is 0 Å². The molecule has 110 valence electrons. The van der Waals surface area contributed by atoms with Crippen LogP contribution in [0.15, 0.2) is 48.5 Å². The van der Waals surface area contributed by atoms with Crippen LogP contribution in [0.4, 0.5) is 0 Å². The Morgan fingerprint density at radius 1 is 1.14 bits per heavy atom. The second-order valence-corrected chi connectivity index (χ2v) is 5.37. The van der Waals surface area contributed by atoms with Crippen molar-refractivity contribution >= 4 is 0 Å². The minimum Gasteiger partial charge on any atom is -0.493 e. The Labute approximate surface area is 125 Å². The van der Waals surface area contributed by atoms with E-state index >= 15 is 0 Å². The molecule has 0 bridgehead atoms. The second-order valence-electron chi connectivity index (χ2n) is 5.37. The van der Waals surface area contributed by atoms with Gasteiger partial charge in [0.25, 0.3) is 0 Å². The van der Waals surface area contributed by atoms with E-state index < -0.39 is 0 Å². The number of hydrogen-bond donors (Lipinski definition) is 1. The minimum absolute atomic E-state index is 0.396. The largest absolute Gasteiger partial charge is 0.493 e. The van der Waals surface area contributed by atoms with Crippen LogP contribution >= 0.6 is 0 Å². The van der Waals surface area contributed by atoms with Gasteiger partial charge in [0.1, 0.15) is 11.5 Å². The Bertz CT molecular complexity index is 597. The second kappa shape index (κ2) is 6.64. The van der Waals surface area contributed by atoms with Crippen molar-refractivity contribution in [1.82, 2.24) is 0 Å². The van der Waals surface area contributed by atoms with Gasteiger partial charge in [-0.1, -0.05) is 30.3 Å². The lowest BCUT2D eigenvalue weighted by Crippen LogP contribution is -2.19. The van der Waals surface area contributed by atoms with Crippen molar-refractivity contribution in [1.29, 1.82) is 0 Å². The summed E-state index contributed by atoms with van der Waals surface area (Å²) in [4.78, 5) is 0. The third-order valence-electron chi connectivity index (χ3n) is 3.87. The minimum atomic E-state index is 0.396. The van der Waals surface area contributed by atoms with Crippen LogP contribution in [-0.2, 0) is 6.42 Å². The van der Waals surface area contributed by atoms with Crippen molar-refractivity contribution in [2.45, 2.75) is 18.8 Å². The topological polar surface area (TPSA) is 44.5 Å². The van der Waals surface area contributed by atoms with Crippen molar-refractivity contribution in [2.75, 3.05) is 19.8 Å². The number of ether oxygens (including phenoxy) is 2. The van der Waals surface area contributed by atoms with Gasteiger partial charge in [-0.2, -0.15) is 0 Å². The molecule has 1 unspecified atom stereocenters. The van der Waals surface area contributed by atoms with Gasteiger partial charge >= 0.3 is 0 Å². The molecule has 2 N–H and O–H groups in total. The summed E-state index contributed by atoms with van der Waals surface area (Å²) in [5.74, 6) is 2.31. The fraction of sp³-hybridized carbons (Fsp3) is 0.333. The summed E-state index contributed by atoms with van der Waals surface area (Å²) in [6.07, 6.45) is 1.89. The van der Waals surface area contributed by atoms with Gasteiger partial charge in [0.05, 0.1) is 13.2 Å². The summed E-state index contributed by atoms with van der Waals surface area (Å²) in [5.41, 5.74) is 8.08. The lowest BCUT2D eigenvalue weighted by Gasteiger charge is -2.25. The van der Waals surface area contributed by atoms with Gasteiger partial charge in [-0.25, -0.2) is 0 Å². The zero-order chi connectivity index (χ0) is 14.5. The predicted molar refractivity (Wildman–Crippen MR) is 84.0 cm³/mol. The first kappa shape index (κ1) is 14.0. The lowest BCUT2D eigenvalue weighted by atomic mass is 9.94. The summed E-state index contributed by atoms with van der Waals surface area (Å²) in [6.45, 7) is 2.11. The molecule has 1 aliphatic heterocycles. The molecule has 0 saturated carbocycles. The highest BCUT2D eigenvalue weighted by molar-refractivity contribution is 5.38. The Balaban J connectivity index is 1.67. The Morgan fingerprint density at radius 3 is 2.95 bits per heavy atom. The molecule has 0 radical (unpaired) electrons.